The number of hydrogen-bond acceptors (Lipinski definition) is 4. The second kappa shape index (κ2) is 6.43. The van der Waals surface area contributed by atoms with E-state index in [-0.39, 0.29) is 11.9 Å². The number of methoxy groups -OCH3 is 1. The van der Waals surface area contributed by atoms with Crippen LogP contribution in [-0.2, 0) is 6.54 Å². The van der Waals surface area contributed by atoms with E-state index in [1.807, 2.05) is 53.4 Å². The molecule has 1 amide bonds. The number of aromatic nitrogens is 4. The normalized spacial score (nSPS) is 13.6. The molecule has 0 spiro atoms. The minimum absolute atomic E-state index is 0.174. The van der Waals surface area contributed by atoms with Crippen LogP contribution in [0.5, 0.6) is 5.75 Å². The van der Waals surface area contributed by atoms with E-state index in [9.17, 15) is 4.79 Å². The van der Waals surface area contributed by atoms with Crippen molar-refractivity contribution in [1.82, 2.24) is 24.9 Å². The van der Waals surface area contributed by atoms with Gasteiger partial charge in [0.1, 0.15) is 5.75 Å². The molecule has 1 fully saturated rings. The van der Waals surface area contributed by atoms with Gasteiger partial charge in [0.2, 0.25) is 0 Å². The lowest BCUT2D eigenvalue weighted by atomic mass is 10.2. The van der Waals surface area contributed by atoms with Crippen LogP contribution in [-0.4, -0.2) is 38.6 Å². The molecule has 25 heavy (non-hydrogen) atoms. The Hall–Kier alpha value is -3.09. The van der Waals surface area contributed by atoms with E-state index in [0.29, 0.717) is 18.1 Å². The average molecular weight is 337 g/mol. The number of ether oxygens (including phenoxy) is 1. The van der Waals surface area contributed by atoms with Crippen LogP contribution < -0.4 is 10.1 Å². The Kier molecular flexibility index (Phi) is 3.97. The third-order valence-electron chi connectivity index (χ3n) is 4.18. The SMILES string of the molecule is COc1ccc(Cn2nnc(C(=O)NC3CC3)c2-n2cccc2)cc1. The zero-order valence-corrected chi connectivity index (χ0v) is 13.9. The molecule has 0 bridgehead atoms. The zero-order chi connectivity index (χ0) is 17.2. The Morgan fingerprint density at radius 3 is 2.60 bits per heavy atom. The van der Waals surface area contributed by atoms with Gasteiger partial charge in [-0.05, 0) is 42.7 Å². The standard InChI is InChI=1S/C18H19N5O2/c1-25-15-8-4-13(5-9-15)12-23-18(22-10-2-3-11-22)16(20-21-23)17(24)19-14-6-7-14/h2-5,8-11,14H,6-7,12H2,1H3,(H,19,24). The summed E-state index contributed by atoms with van der Waals surface area (Å²) in [6.07, 6.45) is 5.84. The molecule has 0 aliphatic heterocycles. The van der Waals surface area contributed by atoms with Gasteiger partial charge >= 0.3 is 0 Å². The van der Waals surface area contributed by atoms with E-state index in [0.717, 1.165) is 24.2 Å². The van der Waals surface area contributed by atoms with Crippen LogP contribution in [0.25, 0.3) is 5.82 Å². The highest BCUT2D eigenvalue weighted by Gasteiger charge is 2.28. The molecule has 1 N–H and O–H groups in total. The third-order valence-corrected chi connectivity index (χ3v) is 4.18. The molecule has 0 unspecified atom stereocenters. The van der Waals surface area contributed by atoms with Gasteiger partial charge in [0, 0.05) is 18.4 Å². The third kappa shape index (κ3) is 3.26. The maximum Gasteiger partial charge on any atom is 0.275 e. The Labute approximate surface area is 145 Å². The largest absolute Gasteiger partial charge is 0.497 e. The first kappa shape index (κ1) is 15.4. The number of amides is 1. The fourth-order valence-corrected chi connectivity index (χ4v) is 2.68. The lowest BCUT2D eigenvalue weighted by Crippen LogP contribution is -2.27. The first-order chi connectivity index (χ1) is 12.2. The molecule has 7 heteroatoms. The van der Waals surface area contributed by atoms with Crippen molar-refractivity contribution in [3.05, 3.63) is 60.0 Å². The molecule has 1 aliphatic carbocycles. The van der Waals surface area contributed by atoms with Crippen molar-refractivity contribution in [2.24, 2.45) is 0 Å². The van der Waals surface area contributed by atoms with Crippen LogP contribution in [0.3, 0.4) is 0 Å². The molecule has 4 rings (SSSR count). The quantitative estimate of drug-likeness (QED) is 0.747. The predicted octanol–water partition coefficient (Wildman–Crippen LogP) is 2.02. The predicted molar refractivity (Wildman–Crippen MR) is 91.9 cm³/mol. The maximum atomic E-state index is 12.5. The lowest BCUT2D eigenvalue weighted by molar-refractivity contribution is 0.0946. The minimum atomic E-state index is -0.174. The molecule has 1 saturated carbocycles. The molecule has 3 aromatic rings. The van der Waals surface area contributed by atoms with E-state index in [1.165, 1.54) is 0 Å². The minimum Gasteiger partial charge on any atom is -0.497 e. The lowest BCUT2D eigenvalue weighted by Gasteiger charge is -2.10. The molecule has 1 aliphatic rings. The summed E-state index contributed by atoms with van der Waals surface area (Å²) in [7, 11) is 1.64. The summed E-state index contributed by atoms with van der Waals surface area (Å²) in [5, 5.41) is 11.3. The number of carbonyl (C=O) groups is 1. The van der Waals surface area contributed by atoms with Gasteiger partial charge in [-0.25, -0.2) is 4.68 Å². The van der Waals surface area contributed by atoms with Gasteiger partial charge in [0.15, 0.2) is 11.5 Å². The van der Waals surface area contributed by atoms with E-state index < -0.39 is 0 Å². The highest BCUT2D eigenvalue weighted by atomic mass is 16.5. The number of benzene rings is 1. The Balaban J connectivity index is 1.66. The van der Waals surface area contributed by atoms with Crippen LogP contribution in [0.2, 0.25) is 0 Å². The van der Waals surface area contributed by atoms with Gasteiger partial charge in [-0.3, -0.25) is 4.79 Å². The highest BCUT2D eigenvalue weighted by Crippen LogP contribution is 2.21. The topological polar surface area (TPSA) is 74.0 Å². The average Bonchev–Trinajstić information content (AvgIpc) is 3.11. The van der Waals surface area contributed by atoms with Crippen LogP contribution in [0.4, 0.5) is 0 Å². The molecule has 1 aromatic carbocycles. The van der Waals surface area contributed by atoms with Gasteiger partial charge in [-0.1, -0.05) is 17.3 Å². The first-order valence-corrected chi connectivity index (χ1v) is 8.25. The van der Waals surface area contributed by atoms with Crippen molar-refractivity contribution >= 4 is 5.91 Å². The van der Waals surface area contributed by atoms with Crippen molar-refractivity contribution in [1.29, 1.82) is 0 Å². The van der Waals surface area contributed by atoms with E-state index in [1.54, 1.807) is 11.8 Å². The van der Waals surface area contributed by atoms with Gasteiger partial charge in [0.25, 0.3) is 5.91 Å². The zero-order valence-electron chi connectivity index (χ0n) is 13.9. The van der Waals surface area contributed by atoms with E-state index in [2.05, 4.69) is 15.6 Å². The summed E-state index contributed by atoms with van der Waals surface area (Å²) in [4.78, 5) is 12.5. The molecule has 2 aromatic heterocycles. The summed E-state index contributed by atoms with van der Waals surface area (Å²) in [6, 6.07) is 11.9. The summed E-state index contributed by atoms with van der Waals surface area (Å²) in [5.74, 6) is 1.30. The maximum absolute atomic E-state index is 12.5. The molecule has 0 radical (unpaired) electrons. The molecule has 128 valence electrons. The Morgan fingerprint density at radius 2 is 1.96 bits per heavy atom. The van der Waals surface area contributed by atoms with Crippen LogP contribution >= 0.6 is 0 Å². The summed E-state index contributed by atoms with van der Waals surface area (Å²) < 4.78 is 8.79. The number of nitrogens with zero attached hydrogens (tertiary/aromatic N) is 4. The van der Waals surface area contributed by atoms with Gasteiger partial charge < -0.3 is 14.6 Å². The molecule has 7 nitrogen and oxygen atoms in total. The molecule has 2 heterocycles. The Bertz CT molecular complexity index is 864. The van der Waals surface area contributed by atoms with Gasteiger partial charge in [0.05, 0.1) is 13.7 Å². The second-order valence-electron chi connectivity index (χ2n) is 6.11. The summed E-state index contributed by atoms with van der Waals surface area (Å²) in [6.45, 7) is 0.515. The molecular weight excluding hydrogens is 318 g/mol. The summed E-state index contributed by atoms with van der Waals surface area (Å²) >= 11 is 0. The van der Waals surface area contributed by atoms with E-state index in [4.69, 9.17) is 4.74 Å². The van der Waals surface area contributed by atoms with Crippen molar-refractivity contribution in [2.75, 3.05) is 7.11 Å². The first-order valence-electron chi connectivity index (χ1n) is 8.25. The van der Waals surface area contributed by atoms with Gasteiger partial charge in [-0.2, -0.15) is 0 Å². The monoisotopic (exact) mass is 337 g/mol. The molecular formula is C18H19N5O2. The highest BCUT2D eigenvalue weighted by molar-refractivity contribution is 5.95. The van der Waals surface area contributed by atoms with Crippen LogP contribution in [0, 0.1) is 0 Å². The number of carbonyl (C=O) groups excluding carboxylic acids is 1. The fraction of sp³-hybridized carbons (Fsp3) is 0.278. The number of hydrogen-bond donors (Lipinski definition) is 1. The number of rotatable bonds is 6. The van der Waals surface area contributed by atoms with Crippen molar-refractivity contribution in [3.8, 4) is 11.6 Å². The summed E-state index contributed by atoms with van der Waals surface area (Å²) in [5.41, 5.74) is 1.39. The second-order valence-corrected chi connectivity index (χ2v) is 6.11. The fourth-order valence-electron chi connectivity index (χ4n) is 2.68. The smallest absolute Gasteiger partial charge is 0.275 e. The molecule has 0 saturated heterocycles. The molecule has 0 atom stereocenters. The van der Waals surface area contributed by atoms with Crippen molar-refractivity contribution < 1.29 is 9.53 Å². The van der Waals surface area contributed by atoms with Gasteiger partial charge in [-0.15, -0.1) is 5.10 Å². The van der Waals surface area contributed by atoms with Crippen molar-refractivity contribution in [2.45, 2.75) is 25.4 Å². The van der Waals surface area contributed by atoms with Crippen molar-refractivity contribution in [3.63, 3.8) is 0 Å². The van der Waals surface area contributed by atoms with Crippen LogP contribution in [0.15, 0.2) is 48.8 Å². The van der Waals surface area contributed by atoms with E-state index >= 15 is 0 Å². The van der Waals surface area contributed by atoms with Crippen LogP contribution in [0.1, 0.15) is 28.9 Å². The Morgan fingerprint density at radius 1 is 1.24 bits per heavy atom. The number of nitrogens with one attached hydrogen (secondary N) is 1.